The third-order valence-electron chi connectivity index (χ3n) is 3.56. The average Bonchev–Trinajstić information content (AvgIpc) is 3.03. The predicted molar refractivity (Wildman–Crippen MR) is 73.6 cm³/mol. The van der Waals surface area contributed by atoms with E-state index >= 15 is 0 Å². The molecule has 1 fully saturated rings. The van der Waals surface area contributed by atoms with Crippen LogP contribution >= 0.6 is 0 Å². The fraction of sp³-hybridized carbons (Fsp3) is 0.538. The number of ether oxygens (including phenoxy) is 1. The van der Waals surface area contributed by atoms with E-state index in [1.165, 1.54) is 0 Å². The maximum Gasteiger partial charge on any atom is 0.433 e. The van der Waals surface area contributed by atoms with E-state index in [2.05, 4.69) is 20.2 Å². The highest BCUT2D eigenvalue weighted by Gasteiger charge is 2.34. The number of aryl methyl sites for hydroxylation is 1. The van der Waals surface area contributed by atoms with Gasteiger partial charge in [-0.1, -0.05) is 0 Å². The van der Waals surface area contributed by atoms with E-state index in [0.717, 1.165) is 12.3 Å². The van der Waals surface area contributed by atoms with Crippen LogP contribution in [-0.2, 0) is 17.5 Å². The van der Waals surface area contributed by atoms with Gasteiger partial charge in [-0.05, 0) is 13.0 Å². The van der Waals surface area contributed by atoms with Crippen molar-refractivity contribution in [3.8, 4) is 0 Å². The summed E-state index contributed by atoms with van der Waals surface area (Å²) in [4.78, 5) is 9.23. The van der Waals surface area contributed by atoms with Gasteiger partial charge in [0, 0.05) is 19.3 Å². The summed E-state index contributed by atoms with van der Waals surface area (Å²) in [5, 5.41) is 7.88. The lowest BCUT2D eigenvalue weighted by atomic mass is 10.2. The van der Waals surface area contributed by atoms with Gasteiger partial charge in [0.1, 0.15) is 18.1 Å². The second-order valence-corrected chi connectivity index (χ2v) is 5.02. The van der Waals surface area contributed by atoms with Gasteiger partial charge < -0.3 is 14.2 Å². The van der Waals surface area contributed by atoms with E-state index in [0.29, 0.717) is 32.1 Å². The minimum Gasteiger partial charge on any atom is -0.366 e. The lowest BCUT2D eigenvalue weighted by molar-refractivity contribution is -0.141. The summed E-state index contributed by atoms with van der Waals surface area (Å²) in [6.45, 7) is 3.71. The predicted octanol–water partition coefficient (Wildman–Crippen LogP) is 1.68. The monoisotopic (exact) mass is 328 g/mol. The van der Waals surface area contributed by atoms with Gasteiger partial charge in [0.05, 0.1) is 13.2 Å². The maximum absolute atomic E-state index is 12.8. The summed E-state index contributed by atoms with van der Waals surface area (Å²) >= 11 is 0. The summed E-state index contributed by atoms with van der Waals surface area (Å²) in [6.07, 6.45) is -2.17. The zero-order valence-corrected chi connectivity index (χ0v) is 12.4. The lowest BCUT2D eigenvalue weighted by Gasteiger charge is -2.32. The molecule has 1 atom stereocenters. The van der Waals surface area contributed by atoms with Crippen molar-refractivity contribution in [3.05, 3.63) is 30.1 Å². The third kappa shape index (κ3) is 3.26. The number of alkyl halides is 3. The molecule has 0 bridgehead atoms. The molecule has 0 radical (unpaired) electrons. The average molecular weight is 328 g/mol. The van der Waals surface area contributed by atoms with Gasteiger partial charge in [0.2, 0.25) is 5.95 Å². The van der Waals surface area contributed by atoms with Gasteiger partial charge in [-0.15, -0.1) is 10.2 Å². The SMILES string of the molecule is CCn1cnnc1C1CN(c2nccc(C(F)(F)F)n2)CCO1. The fourth-order valence-electron chi connectivity index (χ4n) is 2.40. The zero-order valence-electron chi connectivity index (χ0n) is 12.4. The number of nitrogens with zero attached hydrogens (tertiary/aromatic N) is 6. The summed E-state index contributed by atoms with van der Waals surface area (Å²) in [5.41, 5.74) is -0.956. The Morgan fingerprint density at radius 2 is 2.22 bits per heavy atom. The molecule has 1 aliphatic heterocycles. The minimum atomic E-state index is -4.49. The molecular weight excluding hydrogens is 313 g/mol. The molecule has 3 heterocycles. The highest BCUT2D eigenvalue weighted by Crippen LogP contribution is 2.29. The van der Waals surface area contributed by atoms with Gasteiger partial charge in [0.25, 0.3) is 0 Å². The van der Waals surface area contributed by atoms with Gasteiger partial charge in [-0.3, -0.25) is 0 Å². The summed E-state index contributed by atoms with van der Waals surface area (Å²) in [6, 6.07) is 0.856. The molecule has 0 amide bonds. The summed E-state index contributed by atoms with van der Waals surface area (Å²) in [7, 11) is 0. The molecule has 23 heavy (non-hydrogen) atoms. The molecule has 1 aliphatic rings. The molecule has 0 saturated carbocycles. The van der Waals surface area contributed by atoms with Crippen molar-refractivity contribution in [3.63, 3.8) is 0 Å². The van der Waals surface area contributed by atoms with Gasteiger partial charge in [-0.25, -0.2) is 9.97 Å². The van der Waals surface area contributed by atoms with E-state index in [4.69, 9.17) is 4.74 Å². The third-order valence-corrected chi connectivity index (χ3v) is 3.56. The highest BCUT2D eigenvalue weighted by atomic mass is 19.4. The Hall–Kier alpha value is -2.23. The standard InChI is InChI=1S/C13H15F3N6O/c1-2-21-8-18-20-11(21)9-7-22(5-6-23-9)12-17-4-3-10(19-12)13(14,15)16/h3-4,8-9H,2,5-7H2,1H3. The largest absolute Gasteiger partial charge is 0.433 e. The number of aromatic nitrogens is 5. The Bertz CT molecular complexity index is 674. The molecule has 2 aromatic rings. The molecule has 7 nitrogen and oxygen atoms in total. The quantitative estimate of drug-likeness (QED) is 0.854. The van der Waals surface area contributed by atoms with E-state index in [1.807, 2.05) is 11.5 Å². The Kier molecular flexibility index (Phi) is 4.16. The number of morpholine rings is 1. The van der Waals surface area contributed by atoms with E-state index in [9.17, 15) is 13.2 Å². The molecule has 2 aromatic heterocycles. The van der Waals surface area contributed by atoms with Crippen LogP contribution in [-0.4, -0.2) is 44.4 Å². The van der Waals surface area contributed by atoms with Crippen molar-refractivity contribution in [1.29, 1.82) is 0 Å². The van der Waals surface area contributed by atoms with Crippen LogP contribution in [0.3, 0.4) is 0 Å². The van der Waals surface area contributed by atoms with Crippen LogP contribution in [0.1, 0.15) is 24.5 Å². The van der Waals surface area contributed by atoms with Crippen LogP contribution in [0.25, 0.3) is 0 Å². The number of anilines is 1. The maximum atomic E-state index is 12.8. The fourth-order valence-corrected chi connectivity index (χ4v) is 2.40. The van der Waals surface area contributed by atoms with Crippen molar-refractivity contribution in [1.82, 2.24) is 24.7 Å². The Morgan fingerprint density at radius 1 is 1.39 bits per heavy atom. The first-order valence-corrected chi connectivity index (χ1v) is 7.13. The molecule has 3 rings (SSSR count). The van der Waals surface area contributed by atoms with Crippen molar-refractivity contribution >= 4 is 5.95 Å². The molecular formula is C13H15F3N6O. The molecule has 1 saturated heterocycles. The minimum absolute atomic E-state index is 0.0377. The van der Waals surface area contributed by atoms with E-state index in [-0.39, 0.29) is 12.1 Å². The van der Waals surface area contributed by atoms with Crippen LogP contribution in [0.4, 0.5) is 19.1 Å². The molecule has 1 unspecified atom stereocenters. The molecule has 0 aromatic carbocycles. The lowest BCUT2D eigenvalue weighted by Crippen LogP contribution is -2.40. The van der Waals surface area contributed by atoms with Crippen molar-refractivity contribution in [2.45, 2.75) is 25.7 Å². The zero-order chi connectivity index (χ0) is 16.4. The summed E-state index contributed by atoms with van der Waals surface area (Å²) < 4.78 is 45.8. The second kappa shape index (κ2) is 6.11. The van der Waals surface area contributed by atoms with Crippen LogP contribution in [0.2, 0.25) is 0 Å². The van der Waals surface area contributed by atoms with Gasteiger partial charge in [0.15, 0.2) is 5.82 Å². The van der Waals surface area contributed by atoms with Gasteiger partial charge >= 0.3 is 6.18 Å². The Labute approximate surface area is 130 Å². The smallest absolute Gasteiger partial charge is 0.366 e. The Morgan fingerprint density at radius 3 is 2.96 bits per heavy atom. The number of hydrogen-bond donors (Lipinski definition) is 0. The first-order chi connectivity index (χ1) is 11.0. The number of rotatable bonds is 3. The first kappa shape index (κ1) is 15.7. The van der Waals surface area contributed by atoms with Crippen LogP contribution < -0.4 is 4.90 Å². The molecule has 0 spiro atoms. The van der Waals surface area contributed by atoms with Crippen molar-refractivity contribution in [2.75, 3.05) is 24.6 Å². The van der Waals surface area contributed by atoms with Crippen LogP contribution in [0, 0.1) is 0 Å². The van der Waals surface area contributed by atoms with Crippen molar-refractivity contribution < 1.29 is 17.9 Å². The number of hydrogen-bond acceptors (Lipinski definition) is 6. The Balaban J connectivity index is 1.81. The van der Waals surface area contributed by atoms with E-state index < -0.39 is 11.9 Å². The second-order valence-electron chi connectivity index (χ2n) is 5.02. The summed E-state index contributed by atoms with van der Waals surface area (Å²) in [5.74, 6) is 0.680. The normalized spacial score (nSPS) is 19.1. The number of halogens is 3. The van der Waals surface area contributed by atoms with Crippen molar-refractivity contribution in [2.24, 2.45) is 0 Å². The first-order valence-electron chi connectivity index (χ1n) is 7.13. The molecule has 124 valence electrons. The van der Waals surface area contributed by atoms with E-state index in [1.54, 1.807) is 11.2 Å². The highest BCUT2D eigenvalue weighted by molar-refractivity contribution is 5.32. The van der Waals surface area contributed by atoms with Gasteiger partial charge in [-0.2, -0.15) is 13.2 Å². The molecule has 0 aliphatic carbocycles. The van der Waals surface area contributed by atoms with Crippen LogP contribution in [0.5, 0.6) is 0 Å². The topological polar surface area (TPSA) is 69.0 Å². The molecule has 10 heteroatoms. The molecule has 0 N–H and O–H groups in total. The van der Waals surface area contributed by atoms with Crippen LogP contribution in [0.15, 0.2) is 18.6 Å².